The lowest BCUT2D eigenvalue weighted by Gasteiger charge is -2.27. The molecule has 2 aromatic rings. The molecule has 2 aromatic carbocycles. The van der Waals surface area contributed by atoms with Crippen molar-refractivity contribution in [2.24, 2.45) is 5.92 Å². The van der Waals surface area contributed by atoms with Gasteiger partial charge in [-0.3, -0.25) is 4.39 Å². The lowest BCUT2D eigenvalue weighted by molar-refractivity contribution is 0.375. The van der Waals surface area contributed by atoms with E-state index in [0.717, 1.165) is 17.5 Å². The number of hydrogen-bond acceptors (Lipinski definition) is 0. The molecule has 0 spiro atoms. The third-order valence-corrected chi connectivity index (χ3v) is 5.51. The summed E-state index contributed by atoms with van der Waals surface area (Å²) < 4.78 is 24.7. The Bertz CT molecular complexity index is 677. The molecular weight excluding hydrogens is 326 g/mol. The minimum Gasteiger partial charge on any atom is -0.251 e. The summed E-state index contributed by atoms with van der Waals surface area (Å²) in [6.07, 6.45) is 10.9. The fourth-order valence-electron chi connectivity index (χ4n) is 3.86. The molecular formula is C24H28F2. The van der Waals surface area contributed by atoms with E-state index in [1.807, 2.05) is 24.3 Å². The quantitative estimate of drug-likeness (QED) is 0.359. The molecule has 0 aliphatic heterocycles. The van der Waals surface area contributed by atoms with Gasteiger partial charge in [0.2, 0.25) is 0 Å². The van der Waals surface area contributed by atoms with Gasteiger partial charge in [0.05, 0.1) is 6.67 Å². The van der Waals surface area contributed by atoms with Gasteiger partial charge in [-0.15, -0.1) is 0 Å². The largest absolute Gasteiger partial charge is 0.251 e. The molecule has 1 fully saturated rings. The summed E-state index contributed by atoms with van der Waals surface area (Å²) in [5, 5.41) is 0. The second kappa shape index (κ2) is 9.66. The molecule has 3 rings (SSSR count). The first-order chi connectivity index (χ1) is 12.8. The number of halogens is 2. The lowest BCUT2D eigenvalue weighted by Crippen LogP contribution is -2.11. The fraction of sp³-hybridized carbons (Fsp3) is 0.417. The van der Waals surface area contributed by atoms with E-state index in [-0.39, 0.29) is 6.67 Å². The van der Waals surface area contributed by atoms with Gasteiger partial charge >= 0.3 is 0 Å². The van der Waals surface area contributed by atoms with Crippen molar-refractivity contribution in [3.63, 3.8) is 0 Å². The maximum absolute atomic E-state index is 12.6. The van der Waals surface area contributed by atoms with E-state index in [9.17, 15) is 8.78 Å². The second-order valence-corrected chi connectivity index (χ2v) is 7.32. The zero-order valence-corrected chi connectivity index (χ0v) is 15.3. The van der Waals surface area contributed by atoms with Gasteiger partial charge < -0.3 is 0 Å². The summed E-state index contributed by atoms with van der Waals surface area (Å²) in [6.45, 7) is -0.625. The van der Waals surface area contributed by atoms with Crippen LogP contribution >= 0.6 is 0 Å². The summed E-state index contributed by atoms with van der Waals surface area (Å²) in [6, 6.07) is 16.6. The van der Waals surface area contributed by atoms with Crippen LogP contribution in [0.25, 0.3) is 11.1 Å². The van der Waals surface area contributed by atoms with E-state index in [0.29, 0.717) is 18.3 Å². The van der Waals surface area contributed by atoms with E-state index >= 15 is 0 Å². The van der Waals surface area contributed by atoms with E-state index < -0.39 is 6.67 Å². The summed E-state index contributed by atoms with van der Waals surface area (Å²) in [4.78, 5) is 0. The van der Waals surface area contributed by atoms with Gasteiger partial charge in [0.25, 0.3) is 0 Å². The summed E-state index contributed by atoms with van der Waals surface area (Å²) in [5.74, 6) is 1.31. The Hall–Kier alpha value is -1.96. The number of hydrogen-bond donors (Lipinski definition) is 0. The predicted molar refractivity (Wildman–Crippen MR) is 106 cm³/mol. The average molecular weight is 354 g/mol. The van der Waals surface area contributed by atoms with Crippen molar-refractivity contribution in [2.45, 2.75) is 51.1 Å². The molecule has 138 valence electrons. The number of allylic oxidation sites excluding steroid dienone is 2. The monoisotopic (exact) mass is 354 g/mol. The van der Waals surface area contributed by atoms with Crippen LogP contribution in [-0.2, 0) is 6.67 Å². The molecule has 0 nitrogen and oxygen atoms in total. The Morgan fingerprint density at radius 2 is 1.42 bits per heavy atom. The van der Waals surface area contributed by atoms with Crippen LogP contribution in [0.15, 0.2) is 60.7 Å². The van der Waals surface area contributed by atoms with Crippen LogP contribution in [0.2, 0.25) is 0 Å². The smallest absolute Gasteiger partial charge is 0.115 e. The number of benzene rings is 2. The molecule has 2 heteroatoms. The molecule has 0 radical (unpaired) electrons. The Labute approximate surface area is 156 Å². The van der Waals surface area contributed by atoms with Crippen LogP contribution in [-0.4, -0.2) is 6.67 Å². The average Bonchev–Trinajstić information content (AvgIpc) is 2.72. The molecule has 0 saturated heterocycles. The van der Waals surface area contributed by atoms with Crippen LogP contribution in [0.5, 0.6) is 0 Å². The molecule has 0 heterocycles. The third kappa shape index (κ3) is 5.03. The third-order valence-electron chi connectivity index (χ3n) is 5.51. The molecule has 1 aliphatic carbocycles. The highest BCUT2D eigenvalue weighted by atomic mass is 19.1. The van der Waals surface area contributed by atoms with Gasteiger partial charge in [-0.1, -0.05) is 60.7 Å². The molecule has 0 unspecified atom stereocenters. The van der Waals surface area contributed by atoms with Crippen molar-refractivity contribution in [2.75, 3.05) is 6.67 Å². The SMILES string of the molecule is FCCC/C=C/[C@H]1CC[C@H](c2ccc(-c3ccc(CF)cc3)cc2)CC1. The number of alkyl halides is 2. The van der Waals surface area contributed by atoms with Crippen molar-refractivity contribution in [1.82, 2.24) is 0 Å². The minimum absolute atomic E-state index is 0.215. The van der Waals surface area contributed by atoms with Crippen molar-refractivity contribution < 1.29 is 8.78 Å². The van der Waals surface area contributed by atoms with Crippen LogP contribution in [0.1, 0.15) is 55.6 Å². The lowest BCUT2D eigenvalue weighted by atomic mass is 9.78. The van der Waals surface area contributed by atoms with Crippen molar-refractivity contribution in [3.8, 4) is 11.1 Å². The number of rotatable bonds is 7. The molecule has 0 aromatic heterocycles. The molecule has 0 amide bonds. The molecule has 1 saturated carbocycles. The summed E-state index contributed by atoms with van der Waals surface area (Å²) >= 11 is 0. The molecule has 0 N–H and O–H groups in total. The standard InChI is InChI=1S/C24H28F2/c25-17-3-1-2-4-19-5-9-21(10-6-19)23-13-15-24(16-14-23)22-11-7-20(18-26)8-12-22/h2,4,7-8,11-16,19,21H,1,3,5-6,9-10,17-18H2/b4-2+/t19-,21-. The Morgan fingerprint density at radius 1 is 0.808 bits per heavy atom. The van der Waals surface area contributed by atoms with Crippen molar-refractivity contribution >= 4 is 0 Å². The van der Waals surface area contributed by atoms with Crippen LogP contribution in [0.3, 0.4) is 0 Å². The van der Waals surface area contributed by atoms with E-state index in [1.54, 1.807) is 0 Å². The van der Waals surface area contributed by atoms with Crippen LogP contribution in [0, 0.1) is 5.92 Å². The van der Waals surface area contributed by atoms with Crippen molar-refractivity contribution in [1.29, 1.82) is 0 Å². The Morgan fingerprint density at radius 3 is 2.00 bits per heavy atom. The van der Waals surface area contributed by atoms with E-state index in [4.69, 9.17) is 0 Å². The van der Waals surface area contributed by atoms with Gasteiger partial charge in [0.1, 0.15) is 6.67 Å². The van der Waals surface area contributed by atoms with Gasteiger partial charge in [0, 0.05) is 0 Å². The first-order valence-corrected chi connectivity index (χ1v) is 9.78. The minimum atomic E-state index is -0.410. The summed E-state index contributed by atoms with van der Waals surface area (Å²) in [5.41, 5.74) is 4.47. The topological polar surface area (TPSA) is 0 Å². The van der Waals surface area contributed by atoms with Gasteiger partial charge in [-0.05, 0) is 72.6 Å². The fourth-order valence-corrected chi connectivity index (χ4v) is 3.86. The highest BCUT2D eigenvalue weighted by Crippen LogP contribution is 2.37. The Kier molecular flexibility index (Phi) is 6.99. The van der Waals surface area contributed by atoms with E-state index in [2.05, 4.69) is 36.4 Å². The molecule has 26 heavy (non-hydrogen) atoms. The molecule has 0 bridgehead atoms. The zero-order chi connectivity index (χ0) is 18.2. The normalized spacial score (nSPS) is 20.5. The van der Waals surface area contributed by atoms with Gasteiger partial charge in [-0.2, -0.15) is 0 Å². The first kappa shape index (κ1) is 18.8. The number of unbranched alkanes of at least 4 members (excludes halogenated alkanes) is 1. The molecule has 0 atom stereocenters. The summed E-state index contributed by atoms with van der Waals surface area (Å²) in [7, 11) is 0. The van der Waals surface area contributed by atoms with Gasteiger partial charge in [-0.25, -0.2) is 4.39 Å². The van der Waals surface area contributed by atoms with Crippen LogP contribution < -0.4 is 0 Å². The van der Waals surface area contributed by atoms with Crippen LogP contribution in [0.4, 0.5) is 8.78 Å². The maximum atomic E-state index is 12.6. The zero-order valence-electron chi connectivity index (χ0n) is 15.3. The van der Waals surface area contributed by atoms with E-state index in [1.165, 1.54) is 36.8 Å². The Balaban J connectivity index is 1.55. The second-order valence-electron chi connectivity index (χ2n) is 7.32. The maximum Gasteiger partial charge on any atom is 0.115 e. The molecule has 1 aliphatic rings. The van der Waals surface area contributed by atoms with Gasteiger partial charge in [0.15, 0.2) is 0 Å². The highest BCUT2D eigenvalue weighted by molar-refractivity contribution is 5.64. The highest BCUT2D eigenvalue weighted by Gasteiger charge is 2.20. The van der Waals surface area contributed by atoms with Crippen molar-refractivity contribution in [3.05, 3.63) is 71.8 Å². The first-order valence-electron chi connectivity index (χ1n) is 9.78. The predicted octanol–water partition coefficient (Wildman–Crippen LogP) is 7.40.